The number of hydrogen-bond acceptors (Lipinski definition) is 0. The number of halogens is 2. The lowest BCUT2D eigenvalue weighted by molar-refractivity contribution is 1.26. The van der Waals surface area contributed by atoms with Gasteiger partial charge in [0.15, 0.2) is 0 Å². The first-order valence-electron chi connectivity index (χ1n) is 3.26. The first-order valence-corrected chi connectivity index (χ1v) is 4.56. The molecular formula is C9H8BrCl. The molecule has 0 radical (unpaired) electrons. The Labute approximate surface area is 80.0 Å². The number of benzene rings is 1. The molecule has 58 valence electrons. The molecule has 0 aliphatic carbocycles. The van der Waals surface area contributed by atoms with Crippen LogP contribution in [0.15, 0.2) is 36.9 Å². The average molecular weight is 232 g/mol. The van der Waals surface area contributed by atoms with Gasteiger partial charge in [-0.1, -0.05) is 51.8 Å². The van der Waals surface area contributed by atoms with Gasteiger partial charge in [0.05, 0.1) is 4.83 Å². The van der Waals surface area contributed by atoms with E-state index in [1.807, 2.05) is 24.3 Å². The van der Waals surface area contributed by atoms with Crippen molar-refractivity contribution < 1.29 is 0 Å². The van der Waals surface area contributed by atoms with Crippen molar-refractivity contribution >= 4 is 27.5 Å². The van der Waals surface area contributed by atoms with Crippen LogP contribution < -0.4 is 0 Å². The minimum Gasteiger partial charge on any atom is -0.102 e. The highest BCUT2D eigenvalue weighted by Gasteiger charge is 2.05. The Balaban J connectivity index is 3.02. The summed E-state index contributed by atoms with van der Waals surface area (Å²) < 4.78 is 0. The van der Waals surface area contributed by atoms with Crippen LogP contribution in [-0.2, 0) is 0 Å². The van der Waals surface area contributed by atoms with Crippen molar-refractivity contribution in [3.05, 3.63) is 47.5 Å². The summed E-state index contributed by atoms with van der Waals surface area (Å²) in [5.41, 5.74) is 1.06. The highest BCUT2D eigenvalue weighted by atomic mass is 79.9. The smallest absolute Gasteiger partial charge is 0.0587 e. The van der Waals surface area contributed by atoms with Crippen molar-refractivity contribution in [3.8, 4) is 0 Å². The topological polar surface area (TPSA) is 0 Å². The van der Waals surface area contributed by atoms with Crippen LogP contribution in [0.5, 0.6) is 0 Å². The van der Waals surface area contributed by atoms with E-state index in [2.05, 4.69) is 22.5 Å². The Hall–Kier alpha value is -0.270. The molecule has 2 heteroatoms. The van der Waals surface area contributed by atoms with E-state index in [1.165, 1.54) is 0 Å². The molecule has 0 N–H and O–H groups in total. The molecule has 1 atom stereocenters. The van der Waals surface area contributed by atoms with Gasteiger partial charge in [-0.25, -0.2) is 0 Å². The van der Waals surface area contributed by atoms with E-state index >= 15 is 0 Å². The fourth-order valence-electron chi connectivity index (χ4n) is 0.826. The van der Waals surface area contributed by atoms with Gasteiger partial charge in [-0.2, -0.15) is 0 Å². The van der Waals surface area contributed by atoms with Crippen LogP contribution in [-0.4, -0.2) is 0 Å². The molecule has 0 aliphatic rings. The van der Waals surface area contributed by atoms with E-state index in [0.717, 1.165) is 10.6 Å². The molecule has 1 rings (SSSR count). The lowest BCUT2D eigenvalue weighted by Gasteiger charge is -2.05. The summed E-state index contributed by atoms with van der Waals surface area (Å²) >= 11 is 9.35. The molecule has 0 aliphatic heterocycles. The Morgan fingerprint density at radius 2 is 2.09 bits per heavy atom. The highest BCUT2D eigenvalue weighted by Crippen LogP contribution is 2.29. The molecule has 1 unspecified atom stereocenters. The Bertz CT molecular complexity index is 257. The van der Waals surface area contributed by atoms with Gasteiger partial charge in [0.1, 0.15) is 0 Å². The van der Waals surface area contributed by atoms with Gasteiger partial charge in [-0.3, -0.25) is 0 Å². The van der Waals surface area contributed by atoms with Crippen LogP contribution in [0, 0.1) is 0 Å². The standard InChI is InChI=1S/C9H8BrCl/c1-2-8(10)7-5-3-4-6-9(7)11/h2-6,8H,1H2. The van der Waals surface area contributed by atoms with E-state index in [1.54, 1.807) is 6.08 Å². The number of rotatable bonds is 2. The van der Waals surface area contributed by atoms with Gasteiger partial charge >= 0.3 is 0 Å². The van der Waals surface area contributed by atoms with Crippen LogP contribution in [0.4, 0.5) is 0 Å². The minimum absolute atomic E-state index is 0.149. The van der Waals surface area contributed by atoms with E-state index in [4.69, 9.17) is 11.6 Å². The second-order valence-corrected chi connectivity index (χ2v) is 3.55. The monoisotopic (exact) mass is 230 g/mol. The average Bonchev–Trinajstić information content (AvgIpc) is 2.04. The molecule has 0 amide bonds. The predicted octanol–water partition coefficient (Wildman–Crippen LogP) is 3.96. The number of allylic oxidation sites excluding steroid dienone is 1. The minimum atomic E-state index is 0.149. The van der Waals surface area contributed by atoms with E-state index in [9.17, 15) is 0 Å². The second-order valence-electron chi connectivity index (χ2n) is 2.16. The van der Waals surface area contributed by atoms with Crippen LogP contribution in [0.3, 0.4) is 0 Å². The molecule has 1 aromatic rings. The second kappa shape index (κ2) is 3.93. The largest absolute Gasteiger partial charge is 0.102 e. The molecule has 11 heavy (non-hydrogen) atoms. The van der Waals surface area contributed by atoms with Gasteiger partial charge in [0, 0.05) is 5.02 Å². The lowest BCUT2D eigenvalue weighted by atomic mass is 10.1. The molecule has 0 nitrogen and oxygen atoms in total. The summed E-state index contributed by atoms with van der Waals surface area (Å²) in [6.07, 6.45) is 1.81. The SMILES string of the molecule is C=CC(Br)c1ccccc1Cl. The Morgan fingerprint density at radius 1 is 1.45 bits per heavy atom. The van der Waals surface area contributed by atoms with Crippen LogP contribution in [0.25, 0.3) is 0 Å². The first kappa shape index (κ1) is 8.82. The van der Waals surface area contributed by atoms with Crippen LogP contribution in [0.1, 0.15) is 10.4 Å². The molecule has 1 aromatic carbocycles. The molecule has 0 saturated carbocycles. The summed E-state index contributed by atoms with van der Waals surface area (Å²) in [6, 6.07) is 7.71. The van der Waals surface area contributed by atoms with E-state index in [-0.39, 0.29) is 4.83 Å². The maximum Gasteiger partial charge on any atom is 0.0587 e. The lowest BCUT2D eigenvalue weighted by Crippen LogP contribution is -1.84. The molecule has 0 fully saturated rings. The Morgan fingerprint density at radius 3 is 2.64 bits per heavy atom. The summed E-state index contributed by atoms with van der Waals surface area (Å²) in [7, 11) is 0. The quantitative estimate of drug-likeness (QED) is 0.534. The van der Waals surface area contributed by atoms with Crippen molar-refractivity contribution in [2.45, 2.75) is 4.83 Å². The summed E-state index contributed by atoms with van der Waals surface area (Å²) in [4.78, 5) is 0.149. The van der Waals surface area contributed by atoms with Gasteiger partial charge in [-0.15, -0.1) is 6.58 Å². The van der Waals surface area contributed by atoms with Crippen molar-refractivity contribution in [2.24, 2.45) is 0 Å². The summed E-state index contributed by atoms with van der Waals surface area (Å²) in [6.45, 7) is 3.67. The normalized spacial score (nSPS) is 12.5. The maximum absolute atomic E-state index is 5.92. The molecular weight excluding hydrogens is 223 g/mol. The van der Waals surface area contributed by atoms with E-state index < -0.39 is 0 Å². The fraction of sp³-hybridized carbons (Fsp3) is 0.111. The zero-order valence-corrected chi connectivity index (χ0v) is 8.27. The molecule has 0 saturated heterocycles. The Kier molecular flexibility index (Phi) is 3.16. The fourth-order valence-corrected chi connectivity index (χ4v) is 1.61. The zero-order valence-electron chi connectivity index (χ0n) is 5.93. The van der Waals surface area contributed by atoms with Crippen molar-refractivity contribution in [1.82, 2.24) is 0 Å². The van der Waals surface area contributed by atoms with Gasteiger partial charge in [0.2, 0.25) is 0 Å². The maximum atomic E-state index is 5.92. The van der Waals surface area contributed by atoms with Crippen molar-refractivity contribution in [1.29, 1.82) is 0 Å². The molecule has 0 spiro atoms. The van der Waals surface area contributed by atoms with Gasteiger partial charge in [-0.05, 0) is 11.6 Å². The molecule has 0 bridgehead atoms. The zero-order chi connectivity index (χ0) is 8.27. The van der Waals surface area contributed by atoms with Crippen LogP contribution >= 0.6 is 27.5 Å². The van der Waals surface area contributed by atoms with Crippen molar-refractivity contribution in [3.63, 3.8) is 0 Å². The summed E-state index contributed by atoms with van der Waals surface area (Å²) in [5.74, 6) is 0. The first-order chi connectivity index (χ1) is 5.25. The molecule has 0 heterocycles. The highest BCUT2D eigenvalue weighted by molar-refractivity contribution is 9.09. The van der Waals surface area contributed by atoms with Crippen LogP contribution in [0.2, 0.25) is 5.02 Å². The third-order valence-corrected chi connectivity index (χ3v) is 2.62. The van der Waals surface area contributed by atoms with Crippen molar-refractivity contribution in [2.75, 3.05) is 0 Å². The third kappa shape index (κ3) is 2.08. The predicted molar refractivity (Wildman–Crippen MR) is 53.3 cm³/mol. The van der Waals surface area contributed by atoms with Gasteiger partial charge in [0.25, 0.3) is 0 Å². The van der Waals surface area contributed by atoms with Gasteiger partial charge < -0.3 is 0 Å². The van der Waals surface area contributed by atoms with E-state index in [0.29, 0.717) is 0 Å². The number of alkyl halides is 1. The molecule has 0 aromatic heterocycles. The third-order valence-electron chi connectivity index (χ3n) is 1.41. The number of hydrogen-bond donors (Lipinski definition) is 0. The summed E-state index contributed by atoms with van der Waals surface area (Å²) in [5, 5.41) is 0.772.